The first kappa shape index (κ1) is 12.8. The van der Waals surface area contributed by atoms with Gasteiger partial charge < -0.3 is 4.74 Å². The Hall–Kier alpha value is -2.69. The van der Waals surface area contributed by atoms with E-state index in [9.17, 15) is 14.4 Å². The SMILES string of the molecule is O=C1C=C(COC(=O)C=Cc2ccccc2)C(=O)N1. The van der Waals surface area contributed by atoms with Crippen molar-refractivity contribution in [1.82, 2.24) is 5.32 Å². The molecule has 0 radical (unpaired) electrons. The fourth-order valence-electron chi connectivity index (χ4n) is 1.48. The molecule has 96 valence electrons. The summed E-state index contributed by atoms with van der Waals surface area (Å²) in [5.74, 6) is -1.59. The predicted molar refractivity (Wildman–Crippen MR) is 67.7 cm³/mol. The molecule has 0 bridgehead atoms. The lowest BCUT2D eigenvalue weighted by atomic mass is 10.2. The molecule has 0 fully saturated rings. The van der Waals surface area contributed by atoms with Gasteiger partial charge in [-0.05, 0) is 11.6 Å². The molecule has 1 aromatic rings. The van der Waals surface area contributed by atoms with E-state index >= 15 is 0 Å². The van der Waals surface area contributed by atoms with E-state index in [1.807, 2.05) is 30.3 Å². The van der Waals surface area contributed by atoms with E-state index in [1.165, 1.54) is 6.08 Å². The minimum absolute atomic E-state index is 0.145. The first-order valence-electron chi connectivity index (χ1n) is 5.61. The van der Waals surface area contributed by atoms with Gasteiger partial charge in [0.2, 0.25) is 0 Å². The van der Waals surface area contributed by atoms with Crippen LogP contribution in [0.15, 0.2) is 48.1 Å². The van der Waals surface area contributed by atoms with Gasteiger partial charge in [-0.3, -0.25) is 14.9 Å². The van der Waals surface area contributed by atoms with Gasteiger partial charge in [0.1, 0.15) is 6.61 Å². The number of hydrogen-bond acceptors (Lipinski definition) is 4. The summed E-state index contributed by atoms with van der Waals surface area (Å²) >= 11 is 0. The van der Waals surface area contributed by atoms with Crippen molar-refractivity contribution in [2.24, 2.45) is 0 Å². The van der Waals surface area contributed by atoms with E-state index in [2.05, 4.69) is 5.32 Å². The molecule has 19 heavy (non-hydrogen) atoms. The monoisotopic (exact) mass is 257 g/mol. The Balaban J connectivity index is 1.86. The van der Waals surface area contributed by atoms with Crippen molar-refractivity contribution >= 4 is 23.9 Å². The summed E-state index contributed by atoms with van der Waals surface area (Å²) in [6.45, 7) is -0.213. The quantitative estimate of drug-likeness (QED) is 0.492. The Bertz CT molecular complexity index is 572. The summed E-state index contributed by atoms with van der Waals surface area (Å²) < 4.78 is 4.86. The lowest BCUT2D eigenvalue weighted by Gasteiger charge is -2.00. The van der Waals surface area contributed by atoms with Crippen molar-refractivity contribution in [2.75, 3.05) is 6.61 Å². The number of ether oxygens (including phenoxy) is 1. The maximum Gasteiger partial charge on any atom is 0.331 e. The smallest absolute Gasteiger partial charge is 0.331 e. The van der Waals surface area contributed by atoms with Crippen LogP contribution in [-0.4, -0.2) is 24.4 Å². The summed E-state index contributed by atoms with van der Waals surface area (Å²) in [6.07, 6.45) is 4.00. The third-order valence-corrected chi connectivity index (χ3v) is 2.42. The molecule has 0 aromatic heterocycles. The number of hydrogen-bond donors (Lipinski definition) is 1. The molecule has 1 N–H and O–H groups in total. The third-order valence-electron chi connectivity index (χ3n) is 2.42. The van der Waals surface area contributed by atoms with Gasteiger partial charge in [0.05, 0.1) is 5.57 Å². The topological polar surface area (TPSA) is 72.5 Å². The third kappa shape index (κ3) is 3.64. The molecule has 5 nitrogen and oxygen atoms in total. The Labute approximate surface area is 109 Å². The highest BCUT2D eigenvalue weighted by atomic mass is 16.5. The molecule has 0 unspecified atom stereocenters. The number of esters is 1. The van der Waals surface area contributed by atoms with Crippen molar-refractivity contribution < 1.29 is 19.1 Å². The number of nitrogens with one attached hydrogen (secondary N) is 1. The van der Waals surface area contributed by atoms with Crippen LogP contribution in [0.25, 0.3) is 6.08 Å². The number of carbonyl (C=O) groups is 3. The van der Waals surface area contributed by atoms with E-state index in [4.69, 9.17) is 4.74 Å². The summed E-state index contributed by atoms with van der Waals surface area (Å²) in [5.41, 5.74) is 1.01. The van der Waals surface area contributed by atoms with Crippen molar-refractivity contribution in [3.05, 3.63) is 53.6 Å². The number of benzene rings is 1. The largest absolute Gasteiger partial charge is 0.457 e. The molecule has 0 aliphatic carbocycles. The fraction of sp³-hybridized carbons (Fsp3) is 0.0714. The molecule has 0 saturated heterocycles. The van der Waals surface area contributed by atoms with Gasteiger partial charge in [0.15, 0.2) is 0 Å². The Morgan fingerprint density at radius 1 is 1.21 bits per heavy atom. The number of rotatable bonds is 4. The molecule has 2 amide bonds. The van der Waals surface area contributed by atoms with Gasteiger partial charge >= 0.3 is 5.97 Å². The van der Waals surface area contributed by atoms with Crippen molar-refractivity contribution in [3.8, 4) is 0 Å². The normalized spacial score (nSPS) is 14.4. The van der Waals surface area contributed by atoms with Crippen LogP contribution >= 0.6 is 0 Å². The second-order valence-electron chi connectivity index (χ2n) is 3.84. The Kier molecular flexibility index (Phi) is 3.87. The minimum Gasteiger partial charge on any atom is -0.457 e. The average molecular weight is 257 g/mol. The van der Waals surface area contributed by atoms with Gasteiger partial charge in [-0.25, -0.2) is 4.79 Å². The second kappa shape index (κ2) is 5.77. The summed E-state index contributed by atoms with van der Waals surface area (Å²) in [4.78, 5) is 33.4. The van der Waals surface area contributed by atoms with E-state index in [0.717, 1.165) is 11.6 Å². The van der Waals surface area contributed by atoms with E-state index in [-0.39, 0.29) is 12.2 Å². The highest BCUT2D eigenvalue weighted by Gasteiger charge is 2.21. The maximum absolute atomic E-state index is 11.4. The van der Waals surface area contributed by atoms with Crippen LogP contribution in [0.3, 0.4) is 0 Å². The molecular weight excluding hydrogens is 246 g/mol. The van der Waals surface area contributed by atoms with Crippen LogP contribution in [0, 0.1) is 0 Å². The molecule has 5 heteroatoms. The summed E-state index contributed by atoms with van der Waals surface area (Å²) in [5, 5.41) is 2.07. The molecule has 0 spiro atoms. The first-order valence-corrected chi connectivity index (χ1v) is 5.61. The van der Waals surface area contributed by atoms with Crippen LogP contribution in [0.4, 0.5) is 0 Å². The van der Waals surface area contributed by atoms with Gasteiger partial charge in [0, 0.05) is 12.2 Å². The van der Waals surface area contributed by atoms with E-state index < -0.39 is 17.8 Å². The van der Waals surface area contributed by atoms with E-state index in [1.54, 1.807) is 6.08 Å². The lowest BCUT2D eigenvalue weighted by Crippen LogP contribution is -2.23. The molecule has 0 saturated carbocycles. The van der Waals surface area contributed by atoms with Gasteiger partial charge in [0.25, 0.3) is 11.8 Å². The van der Waals surface area contributed by atoms with Gasteiger partial charge in [-0.2, -0.15) is 0 Å². The van der Waals surface area contributed by atoms with Gasteiger partial charge in [-0.1, -0.05) is 30.3 Å². The molecule has 1 heterocycles. The summed E-state index contributed by atoms with van der Waals surface area (Å²) in [6, 6.07) is 9.26. The zero-order chi connectivity index (χ0) is 13.7. The minimum atomic E-state index is -0.572. The highest BCUT2D eigenvalue weighted by molar-refractivity contribution is 6.16. The first-order chi connectivity index (χ1) is 9.15. The maximum atomic E-state index is 11.4. The van der Waals surface area contributed by atoms with Crippen LogP contribution < -0.4 is 5.32 Å². The second-order valence-corrected chi connectivity index (χ2v) is 3.84. The Morgan fingerprint density at radius 2 is 1.95 bits per heavy atom. The van der Waals surface area contributed by atoms with E-state index in [0.29, 0.717) is 0 Å². The molecule has 0 atom stereocenters. The fourth-order valence-corrected chi connectivity index (χ4v) is 1.48. The standard InChI is InChI=1S/C14H11NO4/c16-12-8-11(14(18)15-12)9-19-13(17)7-6-10-4-2-1-3-5-10/h1-8H,9H2,(H,15,16,18). The van der Waals surface area contributed by atoms with Crippen LogP contribution in [0.2, 0.25) is 0 Å². The predicted octanol–water partition coefficient (Wildman–Crippen LogP) is 0.826. The Morgan fingerprint density at radius 3 is 2.58 bits per heavy atom. The zero-order valence-corrected chi connectivity index (χ0v) is 9.96. The number of carbonyl (C=O) groups excluding carboxylic acids is 3. The van der Waals surface area contributed by atoms with Crippen molar-refractivity contribution in [3.63, 3.8) is 0 Å². The molecule has 1 aliphatic rings. The average Bonchev–Trinajstić information content (AvgIpc) is 2.73. The van der Waals surface area contributed by atoms with Crippen LogP contribution in [0.5, 0.6) is 0 Å². The zero-order valence-electron chi connectivity index (χ0n) is 9.96. The van der Waals surface area contributed by atoms with Crippen LogP contribution in [0.1, 0.15) is 5.56 Å². The van der Waals surface area contributed by atoms with Crippen molar-refractivity contribution in [1.29, 1.82) is 0 Å². The van der Waals surface area contributed by atoms with Crippen LogP contribution in [-0.2, 0) is 19.1 Å². The molecule has 2 rings (SSSR count). The van der Waals surface area contributed by atoms with Gasteiger partial charge in [-0.15, -0.1) is 0 Å². The molecule has 1 aliphatic heterocycles. The molecular formula is C14H11NO4. The molecule has 1 aromatic carbocycles. The van der Waals surface area contributed by atoms with Crippen molar-refractivity contribution in [2.45, 2.75) is 0 Å². The number of imide groups is 1. The number of amides is 2. The summed E-state index contributed by atoms with van der Waals surface area (Å²) in [7, 11) is 0. The lowest BCUT2D eigenvalue weighted by molar-refractivity contribution is -0.136. The highest BCUT2D eigenvalue weighted by Crippen LogP contribution is 2.04.